The second kappa shape index (κ2) is 8.11. The molecular formula is C24H29NOSi. The Morgan fingerprint density at radius 1 is 0.741 bits per heavy atom. The number of para-hydroxylation sites is 1. The smallest absolute Gasteiger partial charge is 0.261 e. The molecule has 3 aromatic carbocycles. The van der Waals surface area contributed by atoms with Crippen LogP contribution in [0.15, 0.2) is 84.9 Å². The molecule has 27 heavy (non-hydrogen) atoms. The van der Waals surface area contributed by atoms with Crippen molar-refractivity contribution in [1.29, 1.82) is 0 Å². The summed E-state index contributed by atoms with van der Waals surface area (Å²) in [6.07, 6.45) is 0.817. The van der Waals surface area contributed by atoms with Crippen LogP contribution in [0.25, 0.3) is 0 Å². The van der Waals surface area contributed by atoms with Gasteiger partial charge in [0.15, 0.2) is 0 Å². The first kappa shape index (κ1) is 19.4. The van der Waals surface area contributed by atoms with E-state index >= 15 is 0 Å². The Hall–Kier alpha value is -2.36. The molecule has 2 N–H and O–H groups in total. The monoisotopic (exact) mass is 375 g/mol. The SMILES string of the molecule is CC(C)(C)[Si](OCCc1ccccc1N)(c1ccccc1)c1ccccc1. The second-order valence-electron chi connectivity index (χ2n) is 7.96. The molecule has 0 amide bonds. The lowest BCUT2D eigenvalue weighted by molar-refractivity contribution is 0.302. The molecule has 140 valence electrons. The Morgan fingerprint density at radius 3 is 1.70 bits per heavy atom. The second-order valence-corrected chi connectivity index (χ2v) is 12.3. The zero-order valence-electron chi connectivity index (χ0n) is 16.5. The first-order valence-corrected chi connectivity index (χ1v) is 11.4. The normalized spacial score (nSPS) is 12.1. The van der Waals surface area contributed by atoms with Gasteiger partial charge in [-0.1, -0.05) is 99.6 Å². The molecule has 0 aliphatic heterocycles. The Morgan fingerprint density at radius 2 is 1.22 bits per heavy atom. The lowest BCUT2D eigenvalue weighted by Crippen LogP contribution is -2.66. The van der Waals surface area contributed by atoms with Gasteiger partial charge in [0.1, 0.15) is 0 Å². The molecule has 0 atom stereocenters. The van der Waals surface area contributed by atoms with E-state index in [0.717, 1.165) is 17.7 Å². The van der Waals surface area contributed by atoms with Crippen molar-refractivity contribution < 1.29 is 4.43 Å². The van der Waals surface area contributed by atoms with Gasteiger partial charge in [-0.15, -0.1) is 0 Å². The summed E-state index contributed by atoms with van der Waals surface area (Å²) in [5.41, 5.74) is 8.12. The van der Waals surface area contributed by atoms with Crippen molar-refractivity contribution in [2.75, 3.05) is 12.3 Å². The molecule has 3 rings (SSSR count). The van der Waals surface area contributed by atoms with Crippen molar-refractivity contribution in [2.45, 2.75) is 32.2 Å². The summed E-state index contributed by atoms with van der Waals surface area (Å²) >= 11 is 0. The number of hydrogen-bond acceptors (Lipinski definition) is 2. The van der Waals surface area contributed by atoms with E-state index in [2.05, 4.69) is 87.5 Å². The summed E-state index contributed by atoms with van der Waals surface area (Å²) in [5, 5.41) is 2.62. The van der Waals surface area contributed by atoms with E-state index < -0.39 is 8.32 Å². The highest BCUT2D eigenvalue weighted by Crippen LogP contribution is 2.36. The van der Waals surface area contributed by atoms with E-state index in [0.29, 0.717) is 6.61 Å². The van der Waals surface area contributed by atoms with Crippen molar-refractivity contribution in [3.63, 3.8) is 0 Å². The maximum Gasteiger partial charge on any atom is 0.261 e. The first-order chi connectivity index (χ1) is 12.9. The van der Waals surface area contributed by atoms with E-state index in [1.807, 2.05) is 18.2 Å². The molecule has 0 unspecified atom stereocenters. The van der Waals surface area contributed by atoms with Crippen LogP contribution in [-0.4, -0.2) is 14.9 Å². The van der Waals surface area contributed by atoms with E-state index in [1.165, 1.54) is 10.4 Å². The zero-order valence-corrected chi connectivity index (χ0v) is 17.5. The number of nitrogen functional groups attached to an aromatic ring is 1. The fourth-order valence-corrected chi connectivity index (χ4v) is 8.40. The number of hydrogen-bond donors (Lipinski definition) is 1. The van der Waals surface area contributed by atoms with Crippen LogP contribution in [0.2, 0.25) is 5.04 Å². The predicted molar refractivity (Wildman–Crippen MR) is 118 cm³/mol. The van der Waals surface area contributed by atoms with Gasteiger partial charge in [-0.3, -0.25) is 0 Å². The molecule has 0 heterocycles. The first-order valence-electron chi connectivity index (χ1n) is 9.53. The summed E-state index contributed by atoms with van der Waals surface area (Å²) in [4.78, 5) is 0. The maximum atomic E-state index is 6.91. The van der Waals surface area contributed by atoms with Crippen LogP contribution in [0.5, 0.6) is 0 Å². The largest absolute Gasteiger partial charge is 0.407 e. The van der Waals surface area contributed by atoms with E-state index in [4.69, 9.17) is 10.2 Å². The Bertz CT molecular complexity index is 817. The Kier molecular flexibility index (Phi) is 5.83. The zero-order chi connectivity index (χ0) is 19.3. The standard InChI is InChI=1S/C24H29NOSi/c1-24(2,3)27(21-13-6-4-7-14-21,22-15-8-5-9-16-22)26-19-18-20-12-10-11-17-23(20)25/h4-17H,18-19,25H2,1-3H3. The van der Waals surface area contributed by atoms with Crippen LogP contribution >= 0.6 is 0 Å². The summed E-state index contributed by atoms with van der Waals surface area (Å²) in [5.74, 6) is 0. The third-order valence-corrected chi connectivity index (χ3v) is 10.2. The van der Waals surface area contributed by atoms with Gasteiger partial charge in [-0.05, 0) is 33.5 Å². The fraction of sp³-hybridized carbons (Fsp3) is 0.250. The highest BCUT2D eigenvalue weighted by atomic mass is 28.4. The van der Waals surface area contributed by atoms with Gasteiger partial charge in [0.2, 0.25) is 0 Å². The average molecular weight is 376 g/mol. The van der Waals surface area contributed by atoms with Gasteiger partial charge in [0.25, 0.3) is 8.32 Å². The minimum absolute atomic E-state index is 0.00204. The molecule has 2 nitrogen and oxygen atoms in total. The molecule has 0 fully saturated rings. The molecular weight excluding hydrogens is 346 g/mol. The number of benzene rings is 3. The van der Waals surface area contributed by atoms with E-state index in [9.17, 15) is 0 Å². The molecule has 0 aromatic heterocycles. The summed E-state index contributed by atoms with van der Waals surface area (Å²) < 4.78 is 6.91. The van der Waals surface area contributed by atoms with Gasteiger partial charge in [0.05, 0.1) is 0 Å². The van der Waals surface area contributed by atoms with Crippen LogP contribution in [0.1, 0.15) is 26.3 Å². The lowest BCUT2D eigenvalue weighted by atomic mass is 10.1. The van der Waals surface area contributed by atoms with Gasteiger partial charge < -0.3 is 10.2 Å². The Labute approximate surface area is 164 Å². The van der Waals surface area contributed by atoms with Crippen molar-refractivity contribution >= 4 is 24.4 Å². The maximum absolute atomic E-state index is 6.91. The van der Waals surface area contributed by atoms with Crippen molar-refractivity contribution in [3.05, 3.63) is 90.5 Å². The lowest BCUT2D eigenvalue weighted by Gasteiger charge is -2.43. The van der Waals surface area contributed by atoms with Gasteiger partial charge in [-0.2, -0.15) is 0 Å². The highest BCUT2D eigenvalue weighted by molar-refractivity contribution is 6.99. The van der Waals surface area contributed by atoms with Crippen LogP contribution in [0, 0.1) is 0 Å². The van der Waals surface area contributed by atoms with Crippen LogP contribution in [0.3, 0.4) is 0 Å². The Balaban J connectivity index is 2.00. The molecule has 0 spiro atoms. The summed E-state index contributed by atoms with van der Waals surface area (Å²) in [7, 11) is -2.46. The van der Waals surface area contributed by atoms with Gasteiger partial charge in [-0.25, -0.2) is 0 Å². The minimum atomic E-state index is -2.46. The van der Waals surface area contributed by atoms with Gasteiger partial charge in [0, 0.05) is 12.3 Å². The van der Waals surface area contributed by atoms with Crippen molar-refractivity contribution in [2.24, 2.45) is 0 Å². The topological polar surface area (TPSA) is 35.2 Å². The molecule has 3 heteroatoms. The number of rotatable bonds is 6. The molecule has 0 saturated heterocycles. The van der Waals surface area contributed by atoms with Crippen LogP contribution < -0.4 is 16.1 Å². The molecule has 0 aliphatic rings. The van der Waals surface area contributed by atoms with Crippen molar-refractivity contribution in [3.8, 4) is 0 Å². The molecule has 3 aromatic rings. The third kappa shape index (κ3) is 3.99. The van der Waals surface area contributed by atoms with Gasteiger partial charge >= 0.3 is 0 Å². The fourth-order valence-electron chi connectivity index (χ4n) is 3.84. The van der Waals surface area contributed by atoms with Crippen LogP contribution in [0.4, 0.5) is 5.69 Å². The predicted octanol–water partition coefficient (Wildman–Crippen LogP) is 4.39. The number of anilines is 1. The third-order valence-electron chi connectivity index (χ3n) is 5.16. The highest BCUT2D eigenvalue weighted by Gasteiger charge is 2.49. The van der Waals surface area contributed by atoms with E-state index in [-0.39, 0.29) is 5.04 Å². The average Bonchev–Trinajstić information content (AvgIpc) is 2.67. The summed E-state index contributed by atoms with van der Waals surface area (Å²) in [6.45, 7) is 7.56. The quantitative estimate of drug-likeness (QED) is 0.512. The molecule has 0 saturated carbocycles. The van der Waals surface area contributed by atoms with E-state index in [1.54, 1.807) is 0 Å². The minimum Gasteiger partial charge on any atom is -0.407 e. The van der Waals surface area contributed by atoms with Crippen molar-refractivity contribution in [1.82, 2.24) is 0 Å². The molecule has 0 bridgehead atoms. The number of nitrogens with two attached hydrogens (primary N) is 1. The van der Waals surface area contributed by atoms with Crippen LogP contribution in [-0.2, 0) is 10.8 Å². The summed E-state index contributed by atoms with van der Waals surface area (Å²) in [6, 6.07) is 29.6. The molecule has 0 aliphatic carbocycles. The molecule has 0 radical (unpaired) electrons.